The molecule has 5 nitrogen and oxygen atoms in total. The molecule has 1 amide bonds. The molecule has 0 aromatic carbocycles. The van der Waals surface area contributed by atoms with Crippen LogP contribution in [0.15, 0.2) is 11.8 Å². The molecule has 0 aromatic rings. The van der Waals surface area contributed by atoms with Gasteiger partial charge in [-0.25, -0.2) is 4.79 Å². The second-order valence-electron chi connectivity index (χ2n) is 4.71. The first kappa shape index (κ1) is 12.8. The minimum Gasteiger partial charge on any atom is -0.444 e. The molecule has 0 unspecified atom stereocenters. The summed E-state index contributed by atoms with van der Waals surface area (Å²) in [6.45, 7) is 6.80. The van der Waals surface area contributed by atoms with Gasteiger partial charge in [0.15, 0.2) is 0 Å². The van der Waals surface area contributed by atoms with E-state index in [9.17, 15) is 4.79 Å². The molecule has 0 saturated heterocycles. The average Bonchev–Trinajstić information content (AvgIpc) is 2.16. The number of carbonyl (C=O) groups is 1. The van der Waals surface area contributed by atoms with E-state index in [4.69, 9.17) is 9.57 Å². The first-order valence-electron chi connectivity index (χ1n) is 5.38. The fraction of sp³-hybridized carbons (Fsp3) is 0.727. The van der Waals surface area contributed by atoms with Crippen LogP contribution in [0.25, 0.3) is 0 Å². The molecule has 0 aliphatic carbocycles. The molecule has 1 aliphatic rings. The van der Waals surface area contributed by atoms with Crippen LogP contribution in [0.5, 0.6) is 0 Å². The molecule has 16 heavy (non-hydrogen) atoms. The lowest BCUT2D eigenvalue weighted by atomic mass is 10.2. The van der Waals surface area contributed by atoms with E-state index in [1.54, 1.807) is 12.0 Å². The van der Waals surface area contributed by atoms with Gasteiger partial charge in [-0.3, -0.25) is 10.3 Å². The van der Waals surface area contributed by atoms with Crippen LogP contribution >= 0.6 is 0 Å². The van der Waals surface area contributed by atoms with Gasteiger partial charge in [-0.2, -0.15) is 0 Å². The van der Waals surface area contributed by atoms with Crippen LogP contribution in [-0.2, 0) is 9.57 Å². The number of hydrogen-bond acceptors (Lipinski definition) is 4. The van der Waals surface area contributed by atoms with Gasteiger partial charge in [0.2, 0.25) is 0 Å². The van der Waals surface area contributed by atoms with Crippen LogP contribution in [0.4, 0.5) is 4.79 Å². The van der Waals surface area contributed by atoms with Gasteiger partial charge in [0, 0.05) is 25.2 Å². The third-order valence-corrected chi connectivity index (χ3v) is 2.09. The Balaban J connectivity index is 2.44. The third-order valence-electron chi connectivity index (χ3n) is 2.09. The molecular formula is C11H20N2O3. The van der Waals surface area contributed by atoms with Crippen molar-refractivity contribution in [1.82, 2.24) is 10.4 Å². The molecule has 92 valence electrons. The van der Waals surface area contributed by atoms with Crippen molar-refractivity contribution in [3.63, 3.8) is 0 Å². The number of rotatable bonds is 2. The van der Waals surface area contributed by atoms with Crippen molar-refractivity contribution in [3.05, 3.63) is 11.8 Å². The zero-order valence-electron chi connectivity index (χ0n) is 10.4. The first-order valence-corrected chi connectivity index (χ1v) is 5.38. The van der Waals surface area contributed by atoms with E-state index in [1.807, 2.05) is 26.8 Å². The monoisotopic (exact) mass is 228 g/mol. The summed E-state index contributed by atoms with van der Waals surface area (Å²) in [5.41, 5.74) is 3.34. The average molecular weight is 228 g/mol. The molecule has 0 saturated carbocycles. The summed E-state index contributed by atoms with van der Waals surface area (Å²) >= 11 is 0. The third kappa shape index (κ3) is 4.10. The van der Waals surface area contributed by atoms with E-state index in [0.29, 0.717) is 13.1 Å². The Morgan fingerprint density at radius 1 is 1.50 bits per heavy atom. The van der Waals surface area contributed by atoms with Crippen molar-refractivity contribution >= 4 is 6.09 Å². The fourth-order valence-electron chi connectivity index (χ4n) is 1.39. The lowest BCUT2D eigenvalue weighted by Crippen LogP contribution is -2.40. The molecule has 0 atom stereocenters. The van der Waals surface area contributed by atoms with Crippen molar-refractivity contribution in [3.8, 4) is 0 Å². The number of amides is 1. The van der Waals surface area contributed by atoms with Gasteiger partial charge in [-0.1, -0.05) is 0 Å². The summed E-state index contributed by atoms with van der Waals surface area (Å²) in [5, 5.41) is 0. The van der Waals surface area contributed by atoms with E-state index in [0.717, 1.165) is 12.1 Å². The summed E-state index contributed by atoms with van der Waals surface area (Å²) in [4.78, 5) is 18.2. The predicted octanol–water partition coefficient (Wildman–Crippen LogP) is 1.66. The second-order valence-corrected chi connectivity index (χ2v) is 4.71. The Morgan fingerprint density at radius 3 is 2.62 bits per heavy atom. The van der Waals surface area contributed by atoms with E-state index >= 15 is 0 Å². The quantitative estimate of drug-likeness (QED) is 0.730. The van der Waals surface area contributed by atoms with Crippen LogP contribution in [0.1, 0.15) is 27.2 Å². The molecule has 0 fully saturated rings. The first-order chi connectivity index (χ1) is 7.42. The van der Waals surface area contributed by atoms with Gasteiger partial charge in [0.25, 0.3) is 0 Å². The normalized spacial score (nSPS) is 16.8. The number of hydrogen-bond donors (Lipinski definition) is 1. The molecule has 1 heterocycles. The minimum absolute atomic E-state index is 0.264. The molecule has 1 N–H and O–H groups in total. The van der Waals surface area contributed by atoms with Gasteiger partial charge in [-0.15, -0.1) is 0 Å². The van der Waals surface area contributed by atoms with Crippen LogP contribution in [-0.4, -0.2) is 36.8 Å². The highest BCUT2D eigenvalue weighted by molar-refractivity contribution is 5.68. The van der Waals surface area contributed by atoms with Crippen molar-refractivity contribution in [2.75, 3.05) is 20.2 Å². The Bertz CT molecular complexity index is 281. The van der Waals surface area contributed by atoms with Crippen molar-refractivity contribution in [2.45, 2.75) is 32.8 Å². The number of nitrogens with one attached hydrogen (secondary N) is 1. The molecule has 0 spiro atoms. The maximum absolute atomic E-state index is 11.7. The summed E-state index contributed by atoms with van der Waals surface area (Å²) < 4.78 is 5.28. The summed E-state index contributed by atoms with van der Waals surface area (Å²) in [6.07, 6.45) is 2.42. The number of nitrogens with zero attached hydrogens (tertiary/aromatic N) is 1. The van der Waals surface area contributed by atoms with Crippen LogP contribution < -0.4 is 5.48 Å². The number of hydroxylamine groups is 1. The predicted molar refractivity (Wildman–Crippen MR) is 60.7 cm³/mol. The standard InChI is InChI=1S/C11H20N2O3/c1-11(2,3)16-10(14)13-7-5-9(6-8-13)12-15-4/h5,12H,6-8H2,1-4H3. The lowest BCUT2D eigenvalue weighted by Gasteiger charge is -2.29. The minimum atomic E-state index is -0.439. The van der Waals surface area contributed by atoms with Crippen LogP contribution in [0.3, 0.4) is 0 Å². The molecule has 1 aliphatic heterocycles. The Kier molecular flexibility index (Phi) is 4.18. The topological polar surface area (TPSA) is 50.8 Å². The maximum atomic E-state index is 11.7. The van der Waals surface area contributed by atoms with Gasteiger partial charge < -0.3 is 9.64 Å². The Morgan fingerprint density at radius 2 is 2.19 bits per heavy atom. The molecular weight excluding hydrogens is 208 g/mol. The second kappa shape index (κ2) is 5.21. The maximum Gasteiger partial charge on any atom is 0.410 e. The van der Waals surface area contributed by atoms with E-state index in [1.165, 1.54) is 0 Å². The van der Waals surface area contributed by atoms with E-state index in [-0.39, 0.29) is 6.09 Å². The molecule has 0 bridgehead atoms. The summed E-state index contributed by atoms with van der Waals surface area (Å²) in [7, 11) is 1.57. The Hall–Kier alpha value is -1.23. The van der Waals surface area contributed by atoms with Gasteiger partial charge in [0.05, 0.1) is 7.11 Å². The zero-order chi connectivity index (χ0) is 12.2. The number of carbonyl (C=O) groups excluding carboxylic acids is 1. The van der Waals surface area contributed by atoms with E-state index < -0.39 is 5.60 Å². The molecule has 5 heteroatoms. The SMILES string of the molecule is CONC1=CCN(C(=O)OC(C)(C)C)CC1. The summed E-state index contributed by atoms with van der Waals surface area (Å²) in [5.74, 6) is 0. The van der Waals surface area contributed by atoms with Crippen molar-refractivity contribution < 1.29 is 14.4 Å². The van der Waals surface area contributed by atoms with E-state index in [2.05, 4.69) is 5.48 Å². The zero-order valence-corrected chi connectivity index (χ0v) is 10.4. The lowest BCUT2D eigenvalue weighted by molar-refractivity contribution is 0.0253. The molecule has 1 rings (SSSR count). The van der Waals surface area contributed by atoms with Crippen molar-refractivity contribution in [1.29, 1.82) is 0 Å². The highest BCUT2D eigenvalue weighted by atomic mass is 16.6. The molecule has 0 aromatic heterocycles. The smallest absolute Gasteiger partial charge is 0.410 e. The fourth-order valence-corrected chi connectivity index (χ4v) is 1.39. The van der Waals surface area contributed by atoms with Crippen molar-refractivity contribution in [2.24, 2.45) is 0 Å². The highest BCUT2D eigenvalue weighted by Crippen LogP contribution is 2.13. The highest BCUT2D eigenvalue weighted by Gasteiger charge is 2.23. The van der Waals surface area contributed by atoms with Gasteiger partial charge >= 0.3 is 6.09 Å². The number of ether oxygens (including phenoxy) is 1. The largest absolute Gasteiger partial charge is 0.444 e. The molecule has 0 radical (unpaired) electrons. The van der Waals surface area contributed by atoms with Gasteiger partial charge in [-0.05, 0) is 26.8 Å². The van der Waals surface area contributed by atoms with Gasteiger partial charge in [0.1, 0.15) is 5.60 Å². The Labute approximate surface area is 96.3 Å². The van der Waals surface area contributed by atoms with Crippen LogP contribution in [0, 0.1) is 0 Å². The van der Waals surface area contributed by atoms with Crippen LogP contribution in [0.2, 0.25) is 0 Å². The summed E-state index contributed by atoms with van der Waals surface area (Å²) in [6, 6.07) is 0.